The van der Waals surface area contributed by atoms with Crippen LogP contribution < -0.4 is 0 Å². The Bertz CT molecular complexity index is 624. The molecule has 0 aromatic heterocycles. The molecule has 2 nitrogen and oxygen atoms in total. The van der Waals surface area contributed by atoms with Crippen LogP contribution in [0, 0.1) is 22.7 Å². The molecule has 25 heavy (non-hydrogen) atoms. The maximum Gasteiger partial charge on any atom is 0.116 e. The van der Waals surface area contributed by atoms with Crippen molar-refractivity contribution in [3.63, 3.8) is 0 Å². The summed E-state index contributed by atoms with van der Waals surface area (Å²) in [4.78, 5) is 0. The molecule has 1 aromatic rings. The standard InChI is InChI=1S/C23H34O2/c1-5-6-13-23(24,16-10-8-7-9-11-16)19-15-17-18-12-14-22(4,20(17)25-19)21(18,2)3/h7-11,17-20,24H,5-6,12-15H2,1-4H3/t17-,18-,19-,20-,22+,23?/m1/s1. The van der Waals surface area contributed by atoms with E-state index in [4.69, 9.17) is 4.74 Å². The summed E-state index contributed by atoms with van der Waals surface area (Å²) in [5, 5.41) is 11.8. The smallest absolute Gasteiger partial charge is 0.116 e. The van der Waals surface area contributed by atoms with E-state index >= 15 is 0 Å². The largest absolute Gasteiger partial charge is 0.382 e. The lowest BCUT2D eigenvalue weighted by atomic mass is 9.70. The van der Waals surface area contributed by atoms with Crippen LogP contribution in [0.4, 0.5) is 0 Å². The fraction of sp³-hybridized carbons (Fsp3) is 0.739. The third-order valence-corrected chi connectivity index (χ3v) is 8.42. The fourth-order valence-electron chi connectivity index (χ4n) is 6.49. The second-order valence-electron chi connectivity index (χ2n) is 9.62. The lowest BCUT2D eigenvalue weighted by Gasteiger charge is -2.41. The van der Waals surface area contributed by atoms with Gasteiger partial charge in [0.05, 0.1) is 12.2 Å². The van der Waals surface area contributed by atoms with E-state index in [1.54, 1.807) is 0 Å². The highest BCUT2D eigenvalue weighted by Gasteiger charge is 2.70. The normalized spacial score (nSPS) is 40.8. The van der Waals surface area contributed by atoms with Crippen LogP contribution in [0.2, 0.25) is 0 Å². The van der Waals surface area contributed by atoms with Gasteiger partial charge in [-0.05, 0) is 53.9 Å². The maximum absolute atomic E-state index is 11.8. The van der Waals surface area contributed by atoms with Gasteiger partial charge < -0.3 is 9.84 Å². The quantitative estimate of drug-likeness (QED) is 0.787. The summed E-state index contributed by atoms with van der Waals surface area (Å²) in [6, 6.07) is 10.3. The van der Waals surface area contributed by atoms with E-state index < -0.39 is 5.60 Å². The highest BCUT2D eigenvalue weighted by atomic mass is 16.5. The van der Waals surface area contributed by atoms with Gasteiger partial charge in [0, 0.05) is 0 Å². The summed E-state index contributed by atoms with van der Waals surface area (Å²) < 4.78 is 6.72. The Morgan fingerprint density at radius 2 is 1.92 bits per heavy atom. The monoisotopic (exact) mass is 342 g/mol. The number of ether oxygens (including phenoxy) is 1. The van der Waals surface area contributed by atoms with Crippen molar-refractivity contribution in [3.8, 4) is 0 Å². The molecule has 2 saturated carbocycles. The number of hydrogen-bond acceptors (Lipinski definition) is 2. The molecule has 0 radical (unpaired) electrons. The summed E-state index contributed by atoms with van der Waals surface area (Å²) in [6.07, 6.45) is 6.81. The molecule has 1 N–H and O–H groups in total. The number of hydrogen-bond donors (Lipinski definition) is 1. The van der Waals surface area contributed by atoms with Gasteiger partial charge in [0.15, 0.2) is 0 Å². The summed E-state index contributed by atoms with van der Waals surface area (Å²) in [5.41, 5.74) is 0.813. The van der Waals surface area contributed by atoms with Gasteiger partial charge in [-0.2, -0.15) is 0 Å². The second-order valence-corrected chi connectivity index (χ2v) is 9.62. The van der Waals surface area contributed by atoms with Crippen molar-refractivity contribution < 1.29 is 9.84 Å². The molecule has 1 aliphatic heterocycles. The van der Waals surface area contributed by atoms with Crippen LogP contribution in [0.5, 0.6) is 0 Å². The number of unbranched alkanes of at least 4 members (excludes halogenated alkanes) is 1. The maximum atomic E-state index is 11.8. The molecule has 2 heteroatoms. The third kappa shape index (κ3) is 2.29. The van der Waals surface area contributed by atoms with Crippen molar-refractivity contribution in [3.05, 3.63) is 35.9 Å². The molecule has 0 spiro atoms. The Hall–Kier alpha value is -0.860. The zero-order valence-corrected chi connectivity index (χ0v) is 16.3. The van der Waals surface area contributed by atoms with E-state index in [2.05, 4.69) is 39.8 Å². The molecular formula is C23H34O2. The highest BCUT2D eigenvalue weighted by molar-refractivity contribution is 5.26. The van der Waals surface area contributed by atoms with Gasteiger partial charge in [0.1, 0.15) is 5.60 Å². The number of aliphatic hydroxyl groups is 1. The molecule has 3 fully saturated rings. The Morgan fingerprint density at radius 3 is 2.56 bits per heavy atom. The molecule has 2 aliphatic carbocycles. The zero-order chi connectivity index (χ0) is 17.9. The van der Waals surface area contributed by atoms with Crippen molar-refractivity contribution in [1.82, 2.24) is 0 Å². The van der Waals surface area contributed by atoms with Gasteiger partial charge >= 0.3 is 0 Å². The van der Waals surface area contributed by atoms with E-state index in [1.807, 2.05) is 18.2 Å². The first-order valence-corrected chi connectivity index (χ1v) is 10.3. The molecule has 6 atom stereocenters. The van der Waals surface area contributed by atoms with Crippen LogP contribution in [0.25, 0.3) is 0 Å². The molecule has 2 bridgehead atoms. The van der Waals surface area contributed by atoms with Crippen LogP contribution in [0.1, 0.15) is 71.8 Å². The molecular weight excluding hydrogens is 308 g/mol. The molecule has 138 valence electrons. The van der Waals surface area contributed by atoms with Crippen LogP contribution in [-0.4, -0.2) is 17.3 Å². The Kier molecular flexibility index (Phi) is 4.09. The third-order valence-electron chi connectivity index (χ3n) is 8.42. The Labute approximate surface area is 153 Å². The van der Waals surface area contributed by atoms with Gasteiger partial charge in [-0.15, -0.1) is 0 Å². The molecule has 1 aromatic carbocycles. The van der Waals surface area contributed by atoms with Crippen LogP contribution in [0.3, 0.4) is 0 Å². The predicted octanol–water partition coefficient (Wildman–Crippen LogP) is 5.29. The summed E-state index contributed by atoms with van der Waals surface area (Å²) >= 11 is 0. The molecule has 4 rings (SSSR count). The number of benzene rings is 1. The van der Waals surface area contributed by atoms with Gasteiger partial charge in [-0.1, -0.05) is 70.9 Å². The lowest BCUT2D eigenvalue weighted by molar-refractivity contribution is -0.143. The lowest BCUT2D eigenvalue weighted by Crippen LogP contribution is -2.43. The van der Waals surface area contributed by atoms with Crippen molar-refractivity contribution in [2.45, 2.75) is 84.0 Å². The average molecular weight is 343 g/mol. The van der Waals surface area contributed by atoms with Crippen LogP contribution in [0.15, 0.2) is 30.3 Å². The summed E-state index contributed by atoms with van der Waals surface area (Å²) in [7, 11) is 0. The van der Waals surface area contributed by atoms with Gasteiger partial charge in [-0.25, -0.2) is 0 Å². The van der Waals surface area contributed by atoms with Crippen molar-refractivity contribution in [2.24, 2.45) is 22.7 Å². The molecule has 1 unspecified atom stereocenters. The SMILES string of the molecule is CCCCC(O)(c1ccccc1)[C@H]1C[C@@H]2[C@H]3CC[C@@](C)([C@@H]2O1)C3(C)C. The van der Waals surface area contributed by atoms with Gasteiger partial charge in [0.25, 0.3) is 0 Å². The first-order chi connectivity index (χ1) is 11.8. The van der Waals surface area contributed by atoms with Gasteiger partial charge in [0.2, 0.25) is 0 Å². The minimum absolute atomic E-state index is 0.0625. The van der Waals surface area contributed by atoms with E-state index in [-0.39, 0.29) is 11.5 Å². The predicted molar refractivity (Wildman–Crippen MR) is 101 cm³/mol. The van der Waals surface area contributed by atoms with Crippen molar-refractivity contribution >= 4 is 0 Å². The minimum atomic E-state index is -0.846. The van der Waals surface area contributed by atoms with E-state index in [9.17, 15) is 5.11 Å². The molecule has 0 amide bonds. The van der Waals surface area contributed by atoms with Crippen LogP contribution in [-0.2, 0) is 10.3 Å². The Balaban J connectivity index is 1.64. The summed E-state index contributed by atoms with van der Waals surface area (Å²) in [5.74, 6) is 1.37. The molecule has 1 heterocycles. The summed E-state index contributed by atoms with van der Waals surface area (Å²) in [6.45, 7) is 9.52. The number of rotatable bonds is 5. The topological polar surface area (TPSA) is 29.5 Å². The minimum Gasteiger partial charge on any atom is -0.382 e. The van der Waals surface area contributed by atoms with Crippen LogP contribution >= 0.6 is 0 Å². The van der Waals surface area contributed by atoms with Gasteiger partial charge in [-0.3, -0.25) is 0 Å². The van der Waals surface area contributed by atoms with Crippen molar-refractivity contribution in [2.75, 3.05) is 0 Å². The van der Waals surface area contributed by atoms with E-state index in [1.165, 1.54) is 12.8 Å². The van der Waals surface area contributed by atoms with E-state index in [0.29, 0.717) is 17.4 Å². The first kappa shape index (κ1) is 17.5. The highest BCUT2D eigenvalue weighted by Crippen LogP contribution is 2.71. The van der Waals surface area contributed by atoms with Crippen molar-refractivity contribution in [1.29, 1.82) is 0 Å². The molecule has 3 aliphatic rings. The molecule has 1 saturated heterocycles. The Morgan fingerprint density at radius 1 is 1.20 bits per heavy atom. The van der Waals surface area contributed by atoms with E-state index in [0.717, 1.165) is 37.2 Å². The second kappa shape index (κ2) is 5.82. The number of fused-ring (bicyclic) bond motifs is 5. The zero-order valence-electron chi connectivity index (χ0n) is 16.3. The first-order valence-electron chi connectivity index (χ1n) is 10.3. The average Bonchev–Trinajstić information content (AvgIpc) is 3.19. The fourth-order valence-corrected chi connectivity index (χ4v) is 6.49.